The second-order valence-corrected chi connectivity index (χ2v) is 6.12. The van der Waals surface area contributed by atoms with Crippen LogP contribution in [0.25, 0.3) is 0 Å². The molecule has 1 aliphatic rings. The highest BCUT2D eigenvalue weighted by Crippen LogP contribution is 2.22. The number of hydrogen-bond donors (Lipinski definition) is 1. The lowest BCUT2D eigenvalue weighted by atomic mass is 9.94. The van der Waals surface area contributed by atoms with Crippen LogP contribution in [0.5, 0.6) is 0 Å². The molecule has 0 aromatic heterocycles. The number of hydrogen-bond acceptors (Lipinski definition) is 4. The lowest BCUT2D eigenvalue weighted by Gasteiger charge is -2.33. The molecule has 132 valence electrons. The monoisotopic (exact) mass is 327 g/mol. The van der Waals surface area contributed by atoms with Crippen LogP contribution in [-0.2, 0) is 19.1 Å². The van der Waals surface area contributed by atoms with Gasteiger partial charge in [0.15, 0.2) is 0 Å². The van der Waals surface area contributed by atoms with Gasteiger partial charge < -0.3 is 14.7 Å². The van der Waals surface area contributed by atoms with Crippen LogP contribution in [0.2, 0.25) is 0 Å². The summed E-state index contributed by atoms with van der Waals surface area (Å²) in [5, 5.41) is 9.35. The summed E-state index contributed by atoms with van der Waals surface area (Å²) in [5.74, 6) is -3.04. The second-order valence-electron chi connectivity index (χ2n) is 6.12. The summed E-state index contributed by atoms with van der Waals surface area (Å²) >= 11 is 0. The molecule has 2 unspecified atom stereocenters. The summed E-state index contributed by atoms with van der Waals surface area (Å²) < 4.78 is 5.02. The van der Waals surface area contributed by atoms with Gasteiger partial charge in [0.2, 0.25) is 5.91 Å². The molecular formula is C17H29NO5. The smallest absolute Gasteiger partial charge is 0.316 e. The maximum Gasteiger partial charge on any atom is 0.316 e. The van der Waals surface area contributed by atoms with Gasteiger partial charge >= 0.3 is 11.9 Å². The summed E-state index contributed by atoms with van der Waals surface area (Å²) in [5.41, 5.74) is 0. The number of piperidine rings is 1. The molecule has 0 aromatic carbocycles. The molecule has 6 heteroatoms. The van der Waals surface area contributed by atoms with E-state index in [0.29, 0.717) is 32.4 Å². The number of rotatable bonds is 9. The van der Waals surface area contributed by atoms with Crippen molar-refractivity contribution in [2.24, 2.45) is 11.8 Å². The number of aliphatic carboxylic acids is 1. The number of ether oxygens (including phenoxy) is 1. The van der Waals surface area contributed by atoms with Crippen molar-refractivity contribution in [3.05, 3.63) is 0 Å². The minimum atomic E-state index is -1.07. The summed E-state index contributed by atoms with van der Waals surface area (Å²) in [6.07, 6.45) is 5.57. The van der Waals surface area contributed by atoms with E-state index in [1.807, 2.05) is 0 Å². The Labute approximate surface area is 138 Å². The van der Waals surface area contributed by atoms with Crippen LogP contribution >= 0.6 is 0 Å². The predicted molar refractivity (Wildman–Crippen MR) is 85.8 cm³/mol. The van der Waals surface area contributed by atoms with E-state index in [4.69, 9.17) is 4.74 Å². The molecule has 23 heavy (non-hydrogen) atoms. The third kappa shape index (κ3) is 6.20. The van der Waals surface area contributed by atoms with Crippen molar-refractivity contribution in [2.75, 3.05) is 19.7 Å². The SMILES string of the molecule is CCCCCCC(C(=O)O)C(=O)N1CCCC(C(=O)OCC)C1. The minimum absolute atomic E-state index is 0.274. The molecule has 0 bridgehead atoms. The standard InChI is InChI=1S/C17H29NO5/c1-3-5-6-7-10-14(16(20)21)15(19)18-11-8-9-13(12-18)17(22)23-4-2/h13-14H,3-12H2,1-2H3,(H,20,21). The Balaban J connectivity index is 2.60. The Kier molecular flexibility index (Phi) is 8.66. The number of carbonyl (C=O) groups is 3. The van der Waals surface area contributed by atoms with Gasteiger partial charge in [0, 0.05) is 13.1 Å². The Bertz CT molecular complexity index is 410. The second kappa shape index (κ2) is 10.2. The molecular weight excluding hydrogens is 298 g/mol. The van der Waals surface area contributed by atoms with Crippen molar-refractivity contribution in [1.29, 1.82) is 0 Å². The number of carboxylic acid groups (broad SMARTS) is 1. The van der Waals surface area contributed by atoms with Crippen molar-refractivity contribution in [1.82, 2.24) is 4.90 Å². The lowest BCUT2D eigenvalue weighted by molar-refractivity contribution is -0.155. The number of likely N-dealkylation sites (tertiary alicyclic amines) is 1. The van der Waals surface area contributed by atoms with Crippen molar-refractivity contribution < 1.29 is 24.2 Å². The number of unbranched alkanes of at least 4 members (excludes halogenated alkanes) is 3. The Morgan fingerprint density at radius 1 is 1.22 bits per heavy atom. The largest absolute Gasteiger partial charge is 0.481 e. The van der Waals surface area contributed by atoms with Gasteiger partial charge in [0.05, 0.1) is 12.5 Å². The molecule has 1 saturated heterocycles. The molecule has 1 N–H and O–H groups in total. The van der Waals surface area contributed by atoms with E-state index in [1.54, 1.807) is 6.92 Å². The summed E-state index contributed by atoms with van der Waals surface area (Å²) in [4.78, 5) is 37.3. The molecule has 1 heterocycles. The molecule has 0 saturated carbocycles. The fraction of sp³-hybridized carbons (Fsp3) is 0.824. The first-order valence-electron chi connectivity index (χ1n) is 8.69. The molecule has 0 spiro atoms. The predicted octanol–water partition coefficient (Wildman–Crippen LogP) is 2.46. The van der Waals surface area contributed by atoms with Crippen molar-refractivity contribution in [3.63, 3.8) is 0 Å². The van der Waals surface area contributed by atoms with E-state index < -0.39 is 11.9 Å². The highest BCUT2D eigenvalue weighted by Gasteiger charge is 2.35. The molecule has 1 rings (SSSR count). The average molecular weight is 327 g/mol. The van der Waals surface area contributed by atoms with Gasteiger partial charge in [-0.15, -0.1) is 0 Å². The first-order valence-corrected chi connectivity index (χ1v) is 8.69. The summed E-state index contributed by atoms with van der Waals surface area (Å²) in [7, 11) is 0. The number of carboxylic acids is 1. The van der Waals surface area contributed by atoms with Gasteiger partial charge in [0.25, 0.3) is 0 Å². The maximum absolute atomic E-state index is 12.5. The maximum atomic E-state index is 12.5. The van der Waals surface area contributed by atoms with Crippen LogP contribution in [0.4, 0.5) is 0 Å². The van der Waals surface area contributed by atoms with E-state index in [9.17, 15) is 19.5 Å². The van der Waals surface area contributed by atoms with Gasteiger partial charge in [-0.05, 0) is 26.2 Å². The average Bonchev–Trinajstić information content (AvgIpc) is 2.54. The van der Waals surface area contributed by atoms with Crippen LogP contribution in [0.1, 0.15) is 58.8 Å². The normalized spacial score (nSPS) is 19.2. The molecule has 0 aromatic rings. The van der Waals surface area contributed by atoms with Gasteiger partial charge in [-0.25, -0.2) is 0 Å². The van der Waals surface area contributed by atoms with E-state index in [-0.39, 0.29) is 24.3 Å². The molecule has 0 aliphatic carbocycles. The fourth-order valence-electron chi connectivity index (χ4n) is 2.98. The molecule has 1 fully saturated rings. The Morgan fingerprint density at radius 2 is 1.96 bits per heavy atom. The van der Waals surface area contributed by atoms with Crippen LogP contribution in [0.3, 0.4) is 0 Å². The van der Waals surface area contributed by atoms with E-state index in [0.717, 1.165) is 25.7 Å². The van der Waals surface area contributed by atoms with Gasteiger partial charge in [0.1, 0.15) is 5.92 Å². The third-order valence-electron chi connectivity index (χ3n) is 4.30. The van der Waals surface area contributed by atoms with Crippen LogP contribution in [0, 0.1) is 11.8 Å². The number of amides is 1. The zero-order valence-electron chi connectivity index (χ0n) is 14.3. The van der Waals surface area contributed by atoms with Crippen LogP contribution < -0.4 is 0 Å². The molecule has 1 amide bonds. The quantitative estimate of drug-likeness (QED) is 0.399. The number of esters is 1. The van der Waals surface area contributed by atoms with E-state index >= 15 is 0 Å². The summed E-state index contributed by atoms with van der Waals surface area (Å²) in [6.45, 7) is 4.95. The third-order valence-corrected chi connectivity index (χ3v) is 4.30. The molecule has 6 nitrogen and oxygen atoms in total. The van der Waals surface area contributed by atoms with Gasteiger partial charge in [-0.3, -0.25) is 14.4 Å². The number of nitrogens with zero attached hydrogens (tertiary/aromatic N) is 1. The number of carbonyl (C=O) groups excluding carboxylic acids is 2. The zero-order chi connectivity index (χ0) is 17.2. The highest BCUT2D eigenvalue weighted by atomic mass is 16.5. The topological polar surface area (TPSA) is 83.9 Å². The highest BCUT2D eigenvalue weighted by molar-refractivity contribution is 5.97. The Morgan fingerprint density at radius 3 is 2.57 bits per heavy atom. The van der Waals surface area contributed by atoms with E-state index in [1.165, 1.54) is 4.90 Å². The fourth-order valence-corrected chi connectivity index (χ4v) is 2.98. The van der Waals surface area contributed by atoms with Gasteiger partial charge in [-0.1, -0.05) is 32.6 Å². The first-order chi connectivity index (χ1) is 11.0. The molecule has 2 atom stereocenters. The molecule has 0 radical (unpaired) electrons. The van der Waals surface area contributed by atoms with Crippen molar-refractivity contribution in [3.8, 4) is 0 Å². The summed E-state index contributed by atoms with van der Waals surface area (Å²) in [6, 6.07) is 0. The minimum Gasteiger partial charge on any atom is -0.481 e. The lowest BCUT2D eigenvalue weighted by Crippen LogP contribution is -2.46. The van der Waals surface area contributed by atoms with Gasteiger partial charge in [-0.2, -0.15) is 0 Å². The van der Waals surface area contributed by atoms with Crippen LogP contribution in [0.15, 0.2) is 0 Å². The van der Waals surface area contributed by atoms with Crippen molar-refractivity contribution in [2.45, 2.75) is 58.8 Å². The Hall–Kier alpha value is -1.59. The first kappa shape index (κ1) is 19.5. The molecule has 1 aliphatic heterocycles. The zero-order valence-corrected chi connectivity index (χ0v) is 14.3. The van der Waals surface area contributed by atoms with Crippen molar-refractivity contribution >= 4 is 17.8 Å². The van der Waals surface area contributed by atoms with E-state index in [2.05, 4.69) is 6.92 Å². The van der Waals surface area contributed by atoms with Crippen LogP contribution in [-0.4, -0.2) is 47.5 Å².